The number of nitrogens with zero attached hydrogens (tertiary/aromatic N) is 3. The Bertz CT molecular complexity index is 848. The Morgan fingerprint density at radius 1 is 1.33 bits per heavy atom. The molecular formula is C19H27N3O4S. The maximum atomic E-state index is 12.8. The molecule has 2 heterocycles. The summed E-state index contributed by atoms with van der Waals surface area (Å²) < 4.78 is 27.1. The fraction of sp³-hybridized carbons (Fsp3) is 0.579. The third-order valence-corrected chi connectivity index (χ3v) is 7.12. The highest BCUT2D eigenvalue weighted by molar-refractivity contribution is 7.88. The predicted octanol–water partition coefficient (Wildman–Crippen LogP) is 1.91. The molecule has 0 bridgehead atoms. The van der Waals surface area contributed by atoms with Gasteiger partial charge in [0.05, 0.1) is 12.3 Å². The lowest BCUT2D eigenvalue weighted by atomic mass is 9.96. The summed E-state index contributed by atoms with van der Waals surface area (Å²) in [6.45, 7) is 6.44. The van der Waals surface area contributed by atoms with Crippen molar-refractivity contribution in [2.75, 3.05) is 20.1 Å². The number of hydrogen-bond acceptors (Lipinski definition) is 5. The smallest absolute Gasteiger partial charge is 0.271 e. The van der Waals surface area contributed by atoms with E-state index in [2.05, 4.69) is 5.16 Å². The highest BCUT2D eigenvalue weighted by Gasteiger charge is 2.49. The van der Waals surface area contributed by atoms with E-state index in [1.807, 2.05) is 45.0 Å². The number of oxime groups is 1. The normalized spacial score (nSPS) is 22.9. The fourth-order valence-corrected chi connectivity index (χ4v) is 4.92. The van der Waals surface area contributed by atoms with E-state index in [1.54, 1.807) is 11.9 Å². The van der Waals surface area contributed by atoms with Gasteiger partial charge in [-0.2, -0.15) is 4.31 Å². The van der Waals surface area contributed by atoms with Crippen LogP contribution in [0.25, 0.3) is 0 Å². The van der Waals surface area contributed by atoms with Crippen LogP contribution in [0.3, 0.4) is 0 Å². The van der Waals surface area contributed by atoms with Crippen molar-refractivity contribution in [2.45, 2.75) is 51.0 Å². The van der Waals surface area contributed by atoms with Crippen LogP contribution in [0.15, 0.2) is 29.4 Å². The van der Waals surface area contributed by atoms with Crippen molar-refractivity contribution in [1.82, 2.24) is 9.21 Å². The first-order chi connectivity index (χ1) is 12.6. The molecule has 1 amide bonds. The summed E-state index contributed by atoms with van der Waals surface area (Å²) in [5.74, 6) is -0.200. The van der Waals surface area contributed by atoms with Crippen LogP contribution in [0, 0.1) is 6.92 Å². The summed E-state index contributed by atoms with van der Waals surface area (Å²) in [5, 5.41) is 3.99. The van der Waals surface area contributed by atoms with Gasteiger partial charge in [0.15, 0.2) is 5.60 Å². The van der Waals surface area contributed by atoms with Gasteiger partial charge in [-0.1, -0.05) is 35.0 Å². The van der Waals surface area contributed by atoms with Gasteiger partial charge in [-0.05, 0) is 26.3 Å². The number of rotatable bonds is 5. The Kier molecular flexibility index (Phi) is 5.31. The third kappa shape index (κ3) is 4.16. The van der Waals surface area contributed by atoms with Crippen LogP contribution in [0.2, 0.25) is 0 Å². The molecule has 2 aliphatic heterocycles. The molecule has 0 aromatic heterocycles. The lowest BCUT2D eigenvalue weighted by molar-refractivity contribution is -0.124. The van der Waals surface area contributed by atoms with Gasteiger partial charge in [0.1, 0.15) is 5.71 Å². The van der Waals surface area contributed by atoms with E-state index >= 15 is 0 Å². The molecule has 148 valence electrons. The Labute approximate surface area is 161 Å². The molecule has 0 aliphatic carbocycles. The van der Waals surface area contributed by atoms with E-state index < -0.39 is 15.6 Å². The topological polar surface area (TPSA) is 79.3 Å². The highest BCUT2D eigenvalue weighted by Crippen LogP contribution is 2.36. The summed E-state index contributed by atoms with van der Waals surface area (Å²) in [4.78, 5) is 19.7. The third-order valence-electron chi connectivity index (χ3n) is 5.33. The summed E-state index contributed by atoms with van der Waals surface area (Å²) >= 11 is 0. The van der Waals surface area contributed by atoms with Crippen molar-refractivity contribution in [2.24, 2.45) is 5.16 Å². The molecule has 0 unspecified atom stereocenters. The first-order valence-corrected chi connectivity index (χ1v) is 10.8. The van der Waals surface area contributed by atoms with Gasteiger partial charge < -0.3 is 9.74 Å². The number of aryl methyl sites for hydroxylation is 1. The molecule has 0 saturated carbocycles. The Hall–Kier alpha value is -1.93. The van der Waals surface area contributed by atoms with Crippen molar-refractivity contribution in [3.05, 3.63) is 35.4 Å². The molecule has 1 aromatic carbocycles. The van der Waals surface area contributed by atoms with E-state index in [-0.39, 0.29) is 24.2 Å². The van der Waals surface area contributed by atoms with Crippen molar-refractivity contribution in [3.63, 3.8) is 0 Å². The minimum atomic E-state index is -3.45. The molecule has 1 atom stereocenters. The van der Waals surface area contributed by atoms with Gasteiger partial charge >= 0.3 is 0 Å². The zero-order valence-electron chi connectivity index (χ0n) is 16.3. The molecule has 1 saturated heterocycles. The van der Waals surface area contributed by atoms with E-state index in [0.29, 0.717) is 25.1 Å². The number of carbonyl (C=O) groups excluding carboxylic acids is 1. The molecule has 0 N–H and O–H groups in total. The second-order valence-electron chi connectivity index (χ2n) is 7.82. The van der Waals surface area contributed by atoms with Crippen LogP contribution >= 0.6 is 0 Å². The molecule has 8 heteroatoms. The predicted molar refractivity (Wildman–Crippen MR) is 104 cm³/mol. The average molecular weight is 394 g/mol. The van der Waals surface area contributed by atoms with Crippen molar-refractivity contribution in [3.8, 4) is 0 Å². The van der Waals surface area contributed by atoms with Crippen LogP contribution in [-0.2, 0) is 25.4 Å². The Morgan fingerprint density at radius 2 is 2.00 bits per heavy atom. The first kappa shape index (κ1) is 19.8. The molecular weight excluding hydrogens is 366 g/mol. The number of carbonyl (C=O) groups is 1. The van der Waals surface area contributed by atoms with E-state index in [9.17, 15) is 13.2 Å². The van der Waals surface area contributed by atoms with Crippen molar-refractivity contribution in [1.29, 1.82) is 0 Å². The van der Waals surface area contributed by atoms with Gasteiger partial charge in [0.25, 0.3) is 5.91 Å². The largest absolute Gasteiger partial charge is 0.387 e. The highest BCUT2D eigenvalue weighted by atomic mass is 32.2. The average Bonchev–Trinajstić information content (AvgIpc) is 3.23. The summed E-state index contributed by atoms with van der Waals surface area (Å²) in [7, 11) is -1.72. The van der Waals surface area contributed by atoms with Crippen LogP contribution in [0.5, 0.6) is 0 Å². The van der Waals surface area contributed by atoms with Crippen LogP contribution in [0.1, 0.15) is 37.8 Å². The monoisotopic (exact) mass is 393 g/mol. The SMILES string of the molecule is Cc1ccc(CS(=O)(=O)N2CC[C@@]3(CC(C(=O)N(C)C(C)C)=NO3)C2)cc1. The second kappa shape index (κ2) is 7.24. The number of benzene rings is 1. The van der Waals surface area contributed by atoms with Gasteiger partial charge in [-0.3, -0.25) is 4.79 Å². The zero-order chi connectivity index (χ0) is 19.8. The quantitative estimate of drug-likeness (QED) is 0.765. The standard InChI is InChI=1S/C19H27N3O4S/c1-14(2)21(4)18(23)17-11-19(26-20-17)9-10-22(13-19)27(24,25)12-16-7-5-15(3)6-8-16/h5-8,14H,9-13H2,1-4H3/t19-/m1/s1. The minimum absolute atomic E-state index is 0.0356. The summed E-state index contributed by atoms with van der Waals surface area (Å²) in [6.07, 6.45) is 0.880. The number of sulfonamides is 1. The molecule has 0 radical (unpaired) electrons. The lowest BCUT2D eigenvalue weighted by Gasteiger charge is -2.23. The van der Waals surface area contributed by atoms with Gasteiger partial charge in [-0.15, -0.1) is 0 Å². The molecule has 3 rings (SSSR count). The van der Waals surface area contributed by atoms with Crippen LogP contribution in [-0.4, -0.2) is 61.0 Å². The zero-order valence-corrected chi connectivity index (χ0v) is 17.1. The molecule has 7 nitrogen and oxygen atoms in total. The Balaban J connectivity index is 1.65. The number of amides is 1. The molecule has 1 aromatic rings. The molecule has 2 aliphatic rings. The van der Waals surface area contributed by atoms with E-state index in [1.165, 1.54) is 4.31 Å². The minimum Gasteiger partial charge on any atom is -0.387 e. The molecule has 1 fully saturated rings. The van der Waals surface area contributed by atoms with Crippen molar-refractivity contribution < 1.29 is 18.0 Å². The van der Waals surface area contributed by atoms with Gasteiger partial charge in [0.2, 0.25) is 10.0 Å². The van der Waals surface area contributed by atoms with Gasteiger partial charge in [0, 0.05) is 32.5 Å². The maximum absolute atomic E-state index is 12.8. The van der Waals surface area contributed by atoms with Crippen molar-refractivity contribution >= 4 is 21.6 Å². The molecule has 1 spiro atoms. The van der Waals surface area contributed by atoms with E-state index in [0.717, 1.165) is 11.1 Å². The first-order valence-electron chi connectivity index (χ1n) is 9.17. The molecule has 27 heavy (non-hydrogen) atoms. The lowest BCUT2D eigenvalue weighted by Crippen LogP contribution is -2.41. The van der Waals surface area contributed by atoms with Crippen LogP contribution < -0.4 is 0 Å². The summed E-state index contributed by atoms with van der Waals surface area (Å²) in [6, 6.07) is 7.56. The summed E-state index contributed by atoms with van der Waals surface area (Å²) in [5.41, 5.74) is 1.50. The maximum Gasteiger partial charge on any atom is 0.271 e. The van der Waals surface area contributed by atoms with Crippen LogP contribution in [0.4, 0.5) is 0 Å². The van der Waals surface area contributed by atoms with Gasteiger partial charge in [-0.25, -0.2) is 8.42 Å². The fourth-order valence-electron chi connectivity index (χ4n) is 3.32. The second-order valence-corrected chi connectivity index (χ2v) is 9.79. The number of hydrogen-bond donors (Lipinski definition) is 0. The van der Waals surface area contributed by atoms with E-state index in [4.69, 9.17) is 4.84 Å². The Morgan fingerprint density at radius 3 is 2.63 bits per heavy atom.